The average molecular weight is 290 g/mol. The third kappa shape index (κ3) is 2.80. The van der Waals surface area contributed by atoms with E-state index in [2.05, 4.69) is 16.4 Å². The summed E-state index contributed by atoms with van der Waals surface area (Å²) in [6.45, 7) is 5.93. The molecule has 1 aromatic heterocycles. The van der Waals surface area contributed by atoms with E-state index in [1.54, 1.807) is 0 Å². The van der Waals surface area contributed by atoms with Gasteiger partial charge in [0.25, 0.3) is 0 Å². The third-order valence-corrected chi connectivity index (χ3v) is 4.39. The first-order chi connectivity index (χ1) is 10.2. The summed E-state index contributed by atoms with van der Waals surface area (Å²) in [6.07, 6.45) is 3.41. The molecule has 1 atom stereocenters. The van der Waals surface area contributed by atoms with Gasteiger partial charge in [-0.05, 0) is 58.0 Å². The topological polar surface area (TPSA) is 47.1 Å². The normalized spacial score (nSPS) is 17.7. The molecular formula is C16H23FN4. The largest absolute Gasteiger partial charge is 0.330 e. The number of nitrogens with zero attached hydrogens (tertiary/aromatic N) is 3. The van der Waals surface area contributed by atoms with Crippen molar-refractivity contribution in [1.29, 1.82) is 0 Å². The van der Waals surface area contributed by atoms with Gasteiger partial charge in [0.2, 0.25) is 0 Å². The number of rotatable bonds is 5. The smallest absolute Gasteiger partial charge is 0.127 e. The molecule has 0 bridgehead atoms. The van der Waals surface area contributed by atoms with Crippen LogP contribution in [0.2, 0.25) is 0 Å². The SMILES string of the molecule is CC(c1nc2cc(F)ccc2n1CCCN)N1CCCC1. The fourth-order valence-electron chi connectivity index (χ4n) is 3.22. The van der Waals surface area contributed by atoms with Crippen LogP contribution >= 0.6 is 0 Å². The van der Waals surface area contributed by atoms with Gasteiger partial charge in [-0.25, -0.2) is 9.37 Å². The summed E-state index contributed by atoms with van der Waals surface area (Å²) in [5, 5.41) is 0. The Morgan fingerprint density at radius 2 is 2.10 bits per heavy atom. The van der Waals surface area contributed by atoms with Crippen molar-refractivity contribution in [1.82, 2.24) is 14.5 Å². The lowest BCUT2D eigenvalue weighted by Crippen LogP contribution is -2.26. The Balaban J connectivity index is 2.02. The number of hydrogen-bond acceptors (Lipinski definition) is 3. The molecule has 1 saturated heterocycles. The molecule has 2 aromatic rings. The summed E-state index contributed by atoms with van der Waals surface area (Å²) in [5.74, 6) is 0.803. The molecule has 2 N–H and O–H groups in total. The van der Waals surface area contributed by atoms with Crippen molar-refractivity contribution in [3.05, 3.63) is 29.8 Å². The zero-order valence-corrected chi connectivity index (χ0v) is 12.6. The van der Waals surface area contributed by atoms with Gasteiger partial charge in [0.1, 0.15) is 11.6 Å². The lowest BCUT2D eigenvalue weighted by Gasteiger charge is -2.24. The van der Waals surface area contributed by atoms with Crippen LogP contribution in [0.3, 0.4) is 0 Å². The van der Waals surface area contributed by atoms with E-state index in [1.807, 2.05) is 6.07 Å². The first kappa shape index (κ1) is 14.5. The Morgan fingerprint density at radius 1 is 1.33 bits per heavy atom. The highest BCUT2D eigenvalue weighted by molar-refractivity contribution is 5.76. The van der Waals surface area contributed by atoms with Gasteiger partial charge in [-0.2, -0.15) is 0 Å². The van der Waals surface area contributed by atoms with E-state index in [1.165, 1.54) is 25.0 Å². The molecule has 0 radical (unpaired) electrons. The monoisotopic (exact) mass is 290 g/mol. The molecule has 0 amide bonds. The minimum absolute atomic E-state index is 0.230. The Bertz CT molecular complexity index is 616. The van der Waals surface area contributed by atoms with E-state index in [0.29, 0.717) is 6.54 Å². The number of benzene rings is 1. The maximum atomic E-state index is 13.5. The molecule has 21 heavy (non-hydrogen) atoms. The molecule has 1 unspecified atom stereocenters. The lowest BCUT2D eigenvalue weighted by atomic mass is 10.2. The van der Waals surface area contributed by atoms with Gasteiger partial charge in [-0.15, -0.1) is 0 Å². The summed E-state index contributed by atoms with van der Waals surface area (Å²) in [5.41, 5.74) is 7.41. The van der Waals surface area contributed by atoms with Crippen molar-refractivity contribution in [3.63, 3.8) is 0 Å². The molecule has 3 rings (SSSR count). The van der Waals surface area contributed by atoms with Gasteiger partial charge in [0.05, 0.1) is 17.1 Å². The minimum atomic E-state index is -0.230. The summed E-state index contributed by atoms with van der Waals surface area (Å²) < 4.78 is 15.7. The van der Waals surface area contributed by atoms with Crippen LogP contribution in [0.4, 0.5) is 4.39 Å². The number of imidazole rings is 1. The number of halogens is 1. The third-order valence-electron chi connectivity index (χ3n) is 4.39. The molecule has 4 nitrogen and oxygen atoms in total. The molecule has 1 aliphatic heterocycles. The molecule has 0 spiro atoms. The zero-order chi connectivity index (χ0) is 14.8. The van der Waals surface area contributed by atoms with Crippen molar-refractivity contribution in [2.45, 2.75) is 38.8 Å². The lowest BCUT2D eigenvalue weighted by molar-refractivity contribution is 0.248. The number of aromatic nitrogens is 2. The Labute approximate surface area is 124 Å². The second kappa shape index (κ2) is 6.12. The van der Waals surface area contributed by atoms with Crippen LogP contribution in [0, 0.1) is 5.82 Å². The molecule has 0 aliphatic carbocycles. The van der Waals surface area contributed by atoms with Crippen molar-refractivity contribution < 1.29 is 4.39 Å². The summed E-state index contributed by atoms with van der Waals surface area (Å²) in [4.78, 5) is 7.17. The predicted molar refractivity (Wildman–Crippen MR) is 82.6 cm³/mol. The summed E-state index contributed by atoms with van der Waals surface area (Å²) >= 11 is 0. The van der Waals surface area contributed by atoms with E-state index in [-0.39, 0.29) is 11.9 Å². The first-order valence-corrected chi connectivity index (χ1v) is 7.80. The fraction of sp³-hybridized carbons (Fsp3) is 0.562. The standard InChI is InChI=1S/C16H23FN4/c1-12(20-8-2-3-9-20)16-19-14-11-13(17)5-6-15(14)21(16)10-4-7-18/h5-6,11-12H,2-4,7-10,18H2,1H3. The molecule has 5 heteroatoms. The molecule has 0 saturated carbocycles. The van der Waals surface area contributed by atoms with Crippen LogP contribution in [0.5, 0.6) is 0 Å². The van der Waals surface area contributed by atoms with Gasteiger partial charge in [-0.1, -0.05) is 0 Å². The molecule has 2 heterocycles. The quantitative estimate of drug-likeness (QED) is 0.921. The van der Waals surface area contributed by atoms with Crippen LogP contribution in [-0.4, -0.2) is 34.1 Å². The second-order valence-corrected chi connectivity index (χ2v) is 5.82. The number of likely N-dealkylation sites (tertiary alicyclic amines) is 1. The van der Waals surface area contributed by atoms with Crippen LogP contribution < -0.4 is 5.73 Å². The van der Waals surface area contributed by atoms with Gasteiger partial charge in [0.15, 0.2) is 0 Å². The average Bonchev–Trinajstić information content (AvgIpc) is 3.11. The number of fused-ring (bicyclic) bond motifs is 1. The Morgan fingerprint density at radius 3 is 2.81 bits per heavy atom. The first-order valence-electron chi connectivity index (χ1n) is 7.80. The van der Waals surface area contributed by atoms with Crippen LogP contribution in [0.25, 0.3) is 11.0 Å². The van der Waals surface area contributed by atoms with E-state index in [0.717, 1.165) is 42.9 Å². The molecule has 1 fully saturated rings. The highest BCUT2D eigenvalue weighted by atomic mass is 19.1. The molecule has 114 valence electrons. The van der Waals surface area contributed by atoms with Crippen molar-refractivity contribution in [3.8, 4) is 0 Å². The zero-order valence-electron chi connectivity index (χ0n) is 12.6. The minimum Gasteiger partial charge on any atom is -0.330 e. The summed E-state index contributed by atoms with van der Waals surface area (Å²) in [6, 6.07) is 5.12. The number of aryl methyl sites for hydroxylation is 1. The van der Waals surface area contributed by atoms with Crippen molar-refractivity contribution in [2.24, 2.45) is 5.73 Å². The summed E-state index contributed by atoms with van der Waals surface area (Å²) in [7, 11) is 0. The van der Waals surface area contributed by atoms with Gasteiger partial charge < -0.3 is 10.3 Å². The highest BCUT2D eigenvalue weighted by Crippen LogP contribution is 2.28. The van der Waals surface area contributed by atoms with Crippen LogP contribution in [0.15, 0.2) is 18.2 Å². The molecular weight excluding hydrogens is 267 g/mol. The van der Waals surface area contributed by atoms with Gasteiger partial charge in [0, 0.05) is 12.6 Å². The highest BCUT2D eigenvalue weighted by Gasteiger charge is 2.24. The van der Waals surface area contributed by atoms with Crippen LogP contribution in [0.1, 0.15) is 38.1 Å². The fourth-order valence-corrected chi connectivity index (χ4v) is 3.22. The van der Waals surface area contributed by atoms with Gasteiger partial charge >= 0.3 is 0 Å². The van der Waals surface area contributed by atoms with E-state index in [9.17, 15) is 4.39 Å². The van der Waals surface area contributed by atoms with E-state index in [4.69, 9.17) is 10.7 Å². The van der Waals surface area contributed by atoms with Gasteiger partial charge in [-0.3, -0.25) is 4.90 Å². The van der Waals surface area contributed by atoms with Crippen molar-refractivity contribution >= 4 is 11.0 Å². The van der Waals surface area contributed by atoms with Crippen molar-refractivity contribution in [2.75, 3.05) is 19.6 Å². The second-order valence-electron chi connectivity index (χ2n) is 5.82. The molecule has 1 aromatic carbocycles. The predicted octanol–water partition coefficient (Wildman–Crippen LogP) is 2.68. The Hall–Kier alpha value is -1.46. The maximum Gasteiger partial charge on any atom is 0.127 e. The Kier molecular flexibility index (Phi) is 4.22. The van der Waals surface area contributed by atoms with E-state index < -0.39 is 0 Å². The van der Waals surface area contributed by atoms with E-state index >= 15 is 0 Å². The number of nitrogens with two attached hydrogens (primary N) is 1. The number of hydrogen-bond donors (Lipinski definition) is 1. The maximum absolute atomic E-state index is 13.5. The van der Waals surface area contributed by atoms with Crippen LogP contribution in [-0.2, 0) is 6.54 Å². The molecule has 1 aliphatic rings.